The second-order valence-electron chi connectivity index (χ2n) is 3.88. The number of aliphatic hydroxyl groups is 1. The first-order valence-corrected chi connectivity index (χ1v) is 6.44. The van der Waals surface area contributed by atoms with Crippen LogP contribution in [0.4, 0.5) is 0 Å². The Morgan fingerprint density at radius 2 is 2.00 bits per heavy atom. The number of aliphatic hydroxyl groups excluding tert-OH is 1. The van der Waals surface area contributed by atoms with Gasteiger partial charge < -0.3 is 15.2 Å². The van der Waals surface area contributed by atoms with Gasteiger partial charge in [0.1, 0.15) is 11.3 Å². The van der Waals surface area contributed by atoms with Gasteiger partial charge in [0.05, 0.1) is 11.8 Å². The van der Waals surface area contributed by atoms with Gasteiger partial charge in [-0.3, -0.25) is 15.0 Å². The van der Waals surface area contributed by atoms with Crippen LogP contribution in [0.1, 0.15) is 13.8 Å². The predicted octanol–water partition coefficient (Wildman–Crippen LogP) is -0.314. The Bertz CT molecular complexity index is 539. The van der Waals surface area contributed by atoms with Crippen LogP contribution in [0.3, 0.4) is 0 Å². The molecule has 9 heteroatoms. The number of amides is 1. The van der Waals surface area contributed by atoms with Crippen LogP contribution in [0.5, 0.6) is 0 Å². The van der Waals surface area contributed by atoms with Crippen LogP contribution in [0.25, 0.3) is 0 Å². The summed E-state index contributed by atoms with van der Waals surface area (Å²) in [5.41, 5.74) is -1.33. The highest BCUT2D eigenvalue weighted by Gasteiger charge is 2.38. The van der Waals surface area contributed by atoms with E-state index < -0.39 is 40.9 Å². The van der Waals surface area contributed by atoms with Gasteiger partial charge in [-0.25, -0.2) is 9.59 Å². The highest BCUT2D eigenvalue weighted by molar-refractivity contribution is 8.14. The zero-order valence-corrected chi connectivity index (χ0v) is 11.5. The molecule has 0 unspecified atom stereocenters. The molecule has 0 saturated carbocycles. The molecule has 0 bridgehead atoms. The van der Waals surface area contributed by atoms with E-state index in [1.165, 1.54) is 13.8 Å². The minimum Gasteiger partial charge on any atom is -0.509 e. The number of hydrogen-bond donors (Lipinski definition) is 3. The van der Waals surface area contributed by atoms with Crippen molar-refractivity contribution in [1.82, 2.24) is 5.32 Å². The summed E-state index contributed by atoms with van der Waals surface area (Å²) in [6.45, 7) is 2.67. The summed E-state index contributed by atoms with van der Waals surface area (Å²) in [5.74, 6) is -3.58. The topological polar surface area (TPSA) is 134 Å². The molecule has 20 heavy (non-hydrogen) atoms. The molecule has 0 aromatic carbocycles. The van der Waals surface area contributed by atoms with Gasteiger partial charge in [-0.1, -0.05) is 11.8 Å². The van der Waals surface area contributed by atoms with Gasteiger partial charge in [0.15, 0.2) is 10.8 Å². The largest absolute Gasteiger partial charge is 0.509 e. The van der Waals surface area contributed by atoms with Crippen LogP contribution in [-0.4, -0.2) is 45.6 Å². The molecule has 0 aromatic heterocycles. The second kappa shape index (κ2) is 6.33. The minimum atomic E-state index is -1.15. The van der Waals surface area contributed by atoms with Crippen LogP contribution in [0.15, 0.2) is 11.3 Å². The smallest absolute Gasteiger partial charge is 0.365 e. The molecular formula is C11H12N2O6S. The van der Waals surface area contributed by atoms with E-state index >= 15 is 0 Å². The first-order valence-electron chi connectivity index (χ1n) is 5.45. The monoisotopic (exact) mass is 300 g/mol. The number of carbonyl (C=O) groups excluding carboxylic acids is 4. The third kappa shape index (κ3) is 3.67. The standard InChI is InChI=1S/C11H12N2O6S/c1-4(13-6(15)3-20-5(2)14)9(16)7-8(12)11(18)19-10(7)17/h4,12,16H,3H2,1-2H3,(H,13,15)/t4-/m0/s1. The molecule has 1 aliphatic rings. The van der Waals surface area contributed by atoms with E-state index in [1.807, 2.05) is 0 Å². The minimum absolute atomic E-state index is 0.136. The maximum absolute atomic E-state index is 11.4. The molecule has 1 heterocycles. The van der Waals surface area contributed by atoms with Gasteiger partial charge in [0.25, 0.3) is 0 Å². The average Bonchev–Trinajstić information content (AvgIpc) is 2.60. The number of cyclic esters (lactones) is 2. The Hall–Kier alpha value is -2.16. The molecular weight excluding hydrogens is 288 g/mol. The zero-order chi connectivity index (χ0) is 15.4. The second-order valence-corrected chi connectivity index (χ2v) is 5.03. The lowest BCUT2D eigenvalue weighted by Gasteiger charge is -2.13. The molecule has 0 radical (unpaired) electrons. The lowest BCUT2D eigenvalue weighted by molar-refractivity contribution is -0.149. The molecule has 0 aromatic rings. The number of nitrogens with one attached hydrogen (secondary N) is 2. The fraction of sp³-hybridized carbons (Fsp3) is 0.364. The highest BCUT2D eigenvalue weighted by Crippen LogP contribution is 2.17. The summed E-state index contributed by atoms with van der Waals surface area (Å²) < 4.78 is 4.16. The highest BCUT2D eigenvalue weighted by atomic mass is 32.2. The molecule has 1 aliphatic heterocycles. The molecule has 0 spiro atoms. The number of rotatable bonds is 4. The summed E-state index contributed by atoms with van der Waals surface area (Å²) in [5, 5.41) is 19.2. The van der Waals surface area contributed by atoms with E-state index in [-0.39, 0.29) is 10.9 Å². The SMILES string of the molecule is CC(=O)SCC(=O)N[C@@H](C)C(O)=C1C(=N)C(=O)OC1=O. The van der Waals surface area contributed by atoms with E-state index in [0.29, 0.717) is 0 Å². The Morgan fingerprint density at radius 1 is 1.40 bits per heavy atom. The van der Waals surface area contributed by atoms with E-state index in [4.69, 9.17) is 5.41 Å². The molecule has 1 saturated heterocycles. The third-order valence-electron chi connectivity index (χ3n) is 2.29. The van der Waals surface area contributed by atoms with Crippen molar-refractivity contribution in [2.24, 2.45) is 0 Å². The Labute approximate surface area is 118 Å². The van der Waals surface area contributed by atoms with Crippen LogP contribution < -0.4 is 5.32 Å². The van der Waals surface area contributed by atoms with Crippen LogP contribution in [-0.2, 0) is 23.9 Å². The summed E-state index contributed by atoms with van der Waals surface area (Å²) in [6, 6.07) is -0.996. The van der Waals surface area contributed by atoms with Gasteiger partial charge in [-0.2, -0.15) is 0 Å². The maximum Gasteiger partial charge on any atom is 0.365 e. The van der Waals surface area contributed by atoms with Gasteiger partial charge in [0, 0.05) is 6.92 Å². The normalized spacial score (nSPS) is 18.6. The molecule has 1 atom stereocenters. The molecule has 0 aliphatic carbocycles. The van der Waals surface area contributed by atoms with Crippen molar-refractivity contribution in [1.29, 1.82) is 5.41 Å². The number of carbonyl (C=O) groups is 4. The lowest BCUT2D eigenvalue weighted by atomic mass is 10.1. The summed E-state index contributed by atoms with van der Waals surface area (Å²) in [4.78, 5) is 44.4. The van der Waals surface area contributed by atoms with Crippen LogP contribution in [0.2, 0.25) is 0 Å². The van der Waals surface area contributed by atoms with Crippen LogP contribution >= 0.6 is 11.8 Å². The Kier molecular flexibility index (Phi) is 5.03. The molecule has 3 N–H and O–H groups in total. The van der Waals surface area contributed by atoms with Crippen molar-refractivity contribution in [2.45, 2.75) is 19.9 Å². The van der Waals surface area contributed by atoms with E-state index in [1.54, 1.807) is 0 Å². The molecule has 108 valence electrons. The first-order chi connectivity index (χ1) is 9.23. The summed E-state index contributed by atoms with van der Waals surface area (Å²) in [6.07, 6.45) is 0. The molecule has 1 rings (SSSR count). The van der Waals surface area contributed by atoms with Crippen molar-refractivity contribution < 1.29 is 29.0 Å². The van der Waals surface area contributed by atoms with E-state index in [2.05, 4.69) is 10.1 Å². The molecule has 1 amide bonds. The van der Waals surface area contributed by atoms with Gasteiger partial charge in [-0.15, -0.1) is 0 Å². The quantitative estimate of drug-likeness (QED) is 0.280. The average molecular weight is 300 g/mol. The number of esters is 2. The van der Waals surface area contributed by atoms with Crippen molar-refractivity contribution in [3.63, 3.8) is 0 Å². The van der Waals surface area contributed by atoms with Gasteiger partial charge in [-0.05, 0) is 6.92 Å². The van der Waals surface area contributed by atoms with Crippen molar-refractivity contribution in [3.8, 4) is 0 Å². The lowest BCUT2D eigenvalue weighted by Crippen LogP contribution is -2.36. The Morgan fingerprint density at radius 3 is 2.45 bits per heavy atom. The first kappa shape index (κ1) is 15.9. The van der Waals surface area contributed by atoms with E-state index in [9.17, 15) is 24.3 Å². The fourth-order valence-corrected chi connectivity index (χ4v) is 1.78. The number of ether oxygens (including phenoxy) is 1. The van der Waals surface area contributed by atoms with Crippen molar-refractivity contribution >= 4 is 40.4 Å². The summed E-state index contributed by atoms with van der Waals surface area (Å²) >= 11 is 0.790. The third-order valence-corrected chi connectivity index (χ3v) is 3.11. The van der Waals surface area contributed by atoms with Gasteiger partial charge >= 0.3 is 11.9 Å². The Balaban J connectivity index is 2.76. The van der Waals surface area contributed by atoms with Crippen LogP contribution in [0, 0.1) is 5.41 Å². The maximum atomic E-state index is 11.4. The number of thioether (sulfide) groups is 1. The molecule has 1 fully saturated rings. The predicted molar refractivity (Wildman–Crippen MR) is 69.2 cm³/mol. The van der Waals surface area contributed by atoms with E-state index in [0.717, 1.165) is 11.8 Å². The zero-order valence-electron chi connectivity index (χ0n) is 10.7. The summed E-state index contributed by atoms with van der Waals surface area (Å²) in [7, 11) is 0. The number of hydrogen-bond acceptors (Lipinski definition) is 8. The van der Waals surface area contributed by atoms with Crippen molar-refractivity contribution in [2.75, 3.05) is 5.75 Å². The van der Waals surface area contributed by atoms with Gasteiger partial charge in [0.2, 0.25) is 5.91 Å². The van der Waals surface area contributed by atoms with Crippen molar-refractivity contribution in [3.05, 3.63) is 11.3 Å². The molecule has 8 nitrogen and oxygen atoms in total. The fourth-order valence-electron chi connectivity index (χ4n) is 1.36.